The van der Waals surface area contributed by atoms with Crippen LogP contribution in [0.4, 0.5) is 0 Å². The first kappa shape index (κ1) is 10.0. The van der Waals surface area contributed by atoms with Gasteiger partial charge in [0.05, 0.1) is 13.7 Å². The number of nitrogens with zero attached hydrogens (tertiary/aromatic N) is 4. The van der Waals surface area contributed by atoms with Gasteiger partial charge in [-0.1, -0.05) is 15.9 Å². The van der Waals surface area contributed by atoms with Crippen LogP contribution in [0.25, 0.3) is 0 Å². The Bertz CT molecular complexity index is 308. The number of alkyl halides is 1. The van der Waals surface area contributed by atoms with Crippen LogP contribution >= 0.6 is 15.9 Å². The molecule has 0 bridgehead atoms. The molecule has 5 nitrogen and oxygen atoms in total. The molecule has 2 rings (SSSR count). The lowest BCUT2D eigenvalue weighted by molar-refractivity contribution is 0.161. The molecule has 1 saturated heterocycles. The zero-order valence-corrected chi connectivity index (χ0v) is 9.70. The van der Waals surface area contributed by atoms with E-state index in [0.717, 1.165) is 37.2 Å². The zero-order valence-electron chi connectivity index (χ0n) is 8.11. The van der Waals surface area contributed by atoms with Crippen molar-refractivity contribution in [3.05, 3.63) is 5.82 Å². The molecule has 2 heterocycles. The lowest BCUT2D eigenvalue weighted by Crippen LogP contribution is -2.26. The molecule has 6 heteroatoms. The molecule has 0 amide bonds. The first-order chi connectivity index (χ1) is 6.74. The summed E-state index contributed by atoms with van der Waals surface area (Å²) in [4.78, 5) is 1.49. The molecule has 1 aromatic heterocycles. The number of ether oxygens (including phenoxy) is 1. The van der Waals surface area contributed by atoms with E-state index in [0.29, 0.717) is 0 Å². The second-order valence-corrected chi connectivity index (χ2v) is 4.37. The molecule has 1 aromatic rings. The molecule has 0 spiro atoms. The molecule has 1 aliphatic heterocycles. The topological polar surface area (TPSA) is 52.8 Å². The van der Waals surface area contributed by atoms with Crippen LogP contribution in [0.3, 0.4) is 0 Å². The van der Waals surface area contributed by atoms with E-state index in [1.807, 2.05) is 0 Å². The minimum Gasteiger partial charge on any atom is -0.381 e. The molecule has 14 heavy (non-hydrogen) atoms. The van der Waals surface area contributed by atoms with Gasteiger partial charge in [0.15, 0.2) is 5.82 Å². The summed E-state index contributed by atoms with van der Waals surface area (Å²) in [7, 11) is 1.78. The van der Waals surface area contributed by atoms with E-state index < -0.39 is 0 Å². The van der Waals surface area contributed by atoms with Crippen molar-refractivity contribution in [2.45, 2.75) is 12.8 Å². The summed E-state index contributed by atoms with van der Waals surface area (Å²) in [5.74, 6) is 0.803. The van der Waals surface area contributed by atoms with Crippen LogP contribution in [0, 0.1) is 5.41 Å². The number of rotatable bonds is 3. The van der Waals surface area contributed by atoms with Crippen LogP contribution in [0.5, 0.6) is 0 Å². The monoisotopic (exact) mass is 260 g/mol. The average Bonchev–Trinajstić information content (AvgIpc) is 2.77. The number of hydrogen-bond donors (Lipinski definition) is 0. The summed E-state index contributed by atoms with van der Waals surface area (Å²) in [5, 5.41) is 12.9. The van der Waals surface area contributed by atoms with Gasteiger partial charge in [-0.15, -0.1) is 10.2 Å². The minimum atomic E-state index is 0.170. The maximum absolute atomic E-state index is 5.42. The number of aryl methyl sites for hydroxylation is 1. The number of hydrogen-bond acceptors (Lipinski definition) is 4. The Kier molecular flexibility index (Phi) is 2.83. The molecule has 0 aromatic carbocycles. The molecule has 0 saturated carbocycles. The van der Waals surface area contributed by atoms with Crippen molar-refractivity contribution < 1.29 is 4.74 Å². The van der Waals surface area contributed by atoms with Crippen molar-refractivity contribution >= 4 is 15.9 Å². The van der Waals surface area contributed by atoms with Crippen LogP contribution in [-0.2, 0) is 18.2 Å². The highest BCUT2D eigenvalue weighted by atomic mass is 79.9. The van der Waals surface area contributed by atoms with E-state index in [9.17, 15) is 0 Å². The van der Waals surface area contributed by atoms with Gasteiger partial charge in [-0.05, 0) is 11.6 Å². The highest BCUT2D eigenvalue weighted by Crippen LogP contribution is 2.33. The van der Waals surface area contributed by atoms with E-state index in [1.165, 1.54) is 4.80 Å². The molecular formula is C8H13BrN4O. The van der Waals surface area contributed by atoms with Crippen molar-refractivity contribution in [3.8, 4) is 0 Å². The zero-order chi connectivity index (χ0) is 10.0. The Morgan fingerprint density at radius 2 is 2.50 bits per heavy atom. The van der Waals surface area contributed by atoms with Gasteiger partial charge in [-0.25, -0.2) is 0 Å². The maximum Gasteiger partial charge on any atom is 0.175 e. The van der Waals surface area contributed by atoms with E-state index in [2.05, 4.69) is 31.3 Å². The molecule has 0 aliphatic carbocycles. The molecular weight excluding hydrogens is 248 g/mol. The van der Waals surface area contributed by atoms with Crippen LogP contribution in [0.15, 0.2) is 0 Å². The first-order valence-electron chi connectivity index (χ1n) is 4.61. The highest BCUT2D eigenvalue weighted by Gasteiger charge is 2.35. The average molecular weight is 261 g/mol. The van der Waals surface area contributed by atoms with E-state index in [1.54, 1.807) is 7.05 Å². The largest absolute Gasteiger partial charge is 0.381 e. The van der Waals surface area contributed by atoms with Gasteiger partial charge in [0.1, 0.15) is 0 Å². The van der Waals surface area contributed by atoms with E-state index in [-0.39, 0.29) is 5.41 Å². The lowest BCUT2D eigenvalue weighted by Gasteiger charge is -2.22. The van der Waals surface area contributed by atoms with Gasteiger partial charge in [-0.2, -0.15) is 4.80 Å². The Balaban J connectivity index is 2.08. The third kappa shape index (κ3) is 1.95. The summed E-state index contributed by atoms with van der Waals surface area (Å²) in [5.41, 5.74) is 0.170. The minimum absolute atomic E-state index is 0.170. The molecule has 1 fully saturated rings. The smallest absolute Gasteiger partial charge is 0.175 e. The van der Waals surface area contributed by atoms with Crippen molar-refractivity contribution in [1.29, 1.82) is 0 Å². The van der Waals surface area contributed by atoms with Gasteiger partial charge >= 0.3 is 0 Å². The van der Waals surface area contributed by atoms with Crippen molar-refractivity contribution in [2.75, 3.05) is 18.5 Å². The second kappa shape index (κ2) is 3.94. The maximum atomic E-state index is 5.42. The van der Waals surface area contributed by atoms with E-state index >= 15 is 0 Å². The fourth-order valence-corrected chi connectivity index (χ4v) is 2.31. The standard InChI is InChI=1S/C8H13BrN4O/c1-13-11-7(10-12-13)4-8(5-9)2-3-14-6-8/h2-6H2,1H3. The van der Waals surface area contributed by atoms with Crippen LogP contribution < -0.4 is 0 Å². The van der Waals surface area contributed by atoms with Gasteiger partial charge in [-0.3, -0.25) is 0 Å². The Labute approximate surface area is 90.9 Å². The predicted molar refractivity (Wildman–Crippen MR) is 54.2 cm³/mol. The van der Waals surface area contributed by atoms with Crippen LogP contribution in [-0.4, -0.2) is 38.8 Å². The third-order valence-electron chi connectivity index (χ3n) is 2.55. The van der Waals surface area contributed by atoms with Crippen molar-refractivity contribution in [2.24, 2.45) is 12.5 Å². The summed E-state index contributed by atoms with van der Waals surface area (Å²) in [6, 6.07) is 0. The molecule has 1 aliphatic rings. The summed E-state index contributed by atoms with van der Waals surface area (Å²) in [6.45, 7) is 1.63. The Morgan fingerprint density at radius 3 is 3.00 bits per heavy atom. The highest BCUT2D eigenvalue weighted by molar-refractivity contribution is 9.09. The van der Waals surface area contributed by atoms with E-state index in [4.69, 9.17) is 4.74 Å². The van der Waals surface area contributed by atoms with Gasteiger partial charge in [0, 0.05) is 23.8 Å². The fraction of sp³-hybridized carbons (Fsp3) is 0.875. The molecule has 0 radical (unpaired) electrons. The van der Waals surface area contributed by atoms with Gasteiger partial charge in [0.2, 0.25) is 0 Å². The number of halogens is 1. The normalized spacial score (nSPS) is 27.0. The lowest BCUT2D eigenvalue weighted by atomic mass is 9.86. The first-order valence-corrected chi connectivity index (χ1v) is 5.73. The molecule has 0 N–H and O–H groups in total. The summed E-state index contributed by atoms with van der Waals surface area (Å²) >= 11 is 3.53. The van der Waals surface area contributed by atoms with Crippen molar-refractivity contribution in [1.82, 2.24) is 20.2 Å². The molecule has 1 atom stereocenters. The Morgan fingerprint density at radius 1 is 1.64 bits per heavy atom. The third-order valence-corrected chi connectivity index (χ3v) is 3.74. The molecule has 78 valence electrons. The summed E-state index contributed by atoms with van der Waals surface area (Å²) < 4.78 is 5.42. The second-order valence-electron chi connectivity index (χ2n) is 3.81. The number of aromatic nitrogens is 4. The van der Waals surface area contributed by atoms with Crippen LogP contribution in [0.1, 0.15) is 12.2 Å². The summed E-state index contributed by atoms with van der Waals surface area (Å²) in [6.07, 6.45) is 1.91. The van der Waals surface area contributed by atoms with Gasteiger partial charge < -0.3 is 4.74 Å². The van der Waals surface area contributed by atoms with Crippen molar-refractivity contribution in [3.63, 3.8) is 0 Å². The predicted octanol–water partition coefficient (Wildman–Crippen LogP) is 0.554. The Hall–Kier alpha value is -0.490. The number of tetrazole rings is 1. The SMILES string of the molecule is Cn1nnc(CC2(CBr)CCOC2)n1. The molecule has 1 unspecified atom stereocenters. The fourth-order valence-electron chi connectivity index (χ4n) is 1.67. The quantitative estimate of drug-likeness (QED) is 0.746. The van der Waals surface area contributed by atoms with Gasteiger partial charge in [0.25, 0.3) is 0 Å². The van der Waals surface area contributed by atoms with Crippen LogP contribution in [0.2, 0.25) is 0 Å².